The molecule has 0 radical (unpaired) electrons. The molecule has 0 aliphatic heterocycles. The Hall–Kier alpha value is -0.410. The van der Waals surface area contributed by atoms with Gasteiger partial charge in [0.1, 0.15) is 5.82 Å². The second-order valence-electron chi connectivity index (χ2n) is 6.38. The van der Waals surface area contributed by atoms with Crippen LogP contribution in [0.2, 0.25) is 0 Å². The lowest BCUT2D eigenvalue weighted by atomic mass is 9.78. The maximum absolute atomic E-state index is 13.9. The van der Waals surface area contributed by atoms with Crippen molar-refractivity contribution in [2.45, 2.75) is 46.1 Å². The quantitative estimate of drug-likeness (QED) is 0.808. The molecule has 106 valence electrons. The van der Waals surface area contributed by atoms with Gasteiger partial charge in [0.25, 0.3) is 0 Å². The van der Waals surface area contributed by atoms with E-state index in [0.717, 1.165) is 28.9 Å². The van der Waals surface area contributed by atoms with Crippen LogP contribution in [0.4, 0.5) is 4.39 Å². The van der Waals surface area contributed by atoms with E-state index in [4.69, 9.17) is 0 Å². The molecule has 1 saturated carbocycles. The van der Waals surface area contributed by atoms with Crippen LogP contribution in [0.5, 0.6) is 0 Å². The van der Waals surface area contributed by atoms with Crippen LogP contribution < -0.4 is 5.32 Å². The number of benzene rings is 1. The van der Waals surface area contributed by atoms with Gasteiger partial charge in [-0.15, -0.1) is 0 Å². The fourth-order valence-electron chi connectivity index (χ4n) is 2.68. The summed E-state index contributed by atoms with van der Waals surface area (Å²) in [6, 6.07) is 5.72. The average molecular weight is 328 g/mol. The Morgan fingerprint density at radius 1 is 1.42 bits per heavy atom. The zero-order valence-electron chi connectivity index (χ0n) is 12.0. The van der Waals surface area contributed by atoms with Crippen molar-refractivity contribution in [3.63, 3.8) is 0 Å². The second kappa shape index (κ2) is 5.92. The second-order valence-corrected chi connectivity index (χ2v) is 7.29. The topological polar surface area (TPSA) is 12.0 Å². The lowest BCUT2D eigenvalue weighted by Crippen LogP contribution is -2.38. The molecule has 1 aromatic rings. The summed E-state index contributed by atoms with van der Waals surface area (Å²) in [5.74, 6) is 0.650. The Morgan fingerprint density at radius 2 is 2.11 bits per heavy atom. The molecule has 1 nitrogen and oxygen atoms in total. The first-order chi connectivity index (χ1) is 8.90. The Kier molecular flexibility index (Phi) is 4.67. The van der Waals surface area contributed by atoms with Gasteiger partial charge in [-0.1, -0.05) is 36.7 Å². The van der Waals surface area contributed by atoms with Crippen LogP contribution >= 0.6 is 15.9 Å². The van der Waals surface area contributed by atoms with E-state index < -0.39 is 0 Å². The first-order valence-corrected chi connectivity index (χ1v) is 7.87. The summed E-state index contributed by atoms with van der Waals surface area (Å²) in [6.07, 6.45) is 3.38. The predicted octanol–water partition coefficient (Wildman–Crippen LogP) is 4.55. The van der Waals surface area contributed by atoms with Gasteiger partial charge in [-0.05, 0) is 54.4 Å². The van der Waals surface area contributed by atoms with Gasteiger partial charge in [0.15, 0.2) is 0 Å². The van der Waals surface area contributed by atoms with Gasteiger partial charge in [0.2, 0.25) is 0 Å². The molecule has 0 heterocycles. The van der Waals surface area contributed by atoms with Crippen molar-refractivity contribution in [3.8, 4) is 0 Å². The van der Waals surface area contributed by atoms with E-state index in [0.29, 0.717) is 6.04 Å². The minimum absolute atomic E-state index is 0.0837. The van der Waals surface area contributed by atoms with Gasteiger partial charge in [-0.3, -0.25) is 0 Å². The normalized spacial score (nSPS) is 18.6. The number of rotatable bonds is 6. The molecule has 0 amide bonds. The molecule has 0 spiro atoms. The molecule has 0 aromatic heterocycles. The summed E-state index contributed by atoms with van der Waals surface area (Å²) >= 11 is 3.44. The van der Waals surface area contributed by atoms with Crippen molar-refractivity contribution in [1.29, 1.82) is 0 Å². The molecule has 1 aliphatic rings. The first kappa shape index (κ1) is 15.0. The third kappa shape index (κ3) is 4.03. The molecular weight excluding hydrogens is 305 g/mol. The Morgan fingerprint density at radius 3 is 2.68 bits per heavy atom. The lowest BCUT2D eigenvalue weighted by Gasteiger charge is -2.31. The van der Waals surface area contributed by atoms with E-state index in [2.05, 4.69) is 42.0 Å². The third-order valence-electron chi connectivity index (χ3n) is 4.08. The lowest BCUT2D eigenvalue weighted by molar-refractivity contribution is 0.245. The molecule has 2 rings (SSSR count). The monoisotopic (exact) mass is 327 g/mol. The van der Waals surface area contributed by atoms with Crippen LogP contribution in [0.3, 0.4) is 0 Å². The van der Waals surface area contributed by atoms with E-state index in [-0.39, 0.29) is 11.2 Å². The van der Waals surface area contributed by atoms with Crippen molar-refractivity contribution in [2.24, 2.45) is 11.3 Å². The Bertz CT molecular complexity index is 442. The van der Waals surface area contributed by atoms with Crippen molar-refractivity contribution in [2.75, 3.05) is 6.54 Å². The summed E-state index contributed by atoms with van der Waals surface area (Å²) in [7, 11) is 0. The van der Waals surface area contributed by atoms with E-state index in [1.54, 1.807) is 12.1 Å². The van der Waals surface area contributed by atoms with Crippen LogP contribution in [0.1, 0.15) is 39.2 Å². The van der Waals surface area contributed by atoms with Crippen LogP contribution in [0.15, 0.2) is 22.7 Å². The molecule has 3 heteroatoms. The Balaban J connectivity index is 2.13. The highest BCUT2D eigenvalue weighted by Gasteiger charge is 2.41. The van der Waals surface area contributed by atoms with Crippen molar-refractivity contribution in [1.82, 2.24) is 5.32 Å². The molecule has 1 unspecified atom stereocenters. The van der Waals surface area contributed by atoms with Crippen LogP contribution in [0.25, 0.3) is 0 Å². The summed E-state index contributed by atoms with van der Waals surface area (Å²) in [6.45, 7) is 7.57. The fourth-order valence-corrected chi connectivity index (χ4v) is 3.09. The van der Waals surface area contributed by atoms with Gasteiger partial charge < -0.3 is 5.32 Å². The summed E-state index contributed by atoms with van der Waals surface area (Å²) in [5, 5.41) is 3.53. The molecule has 0 bridgehead atoms. The highest BCUT2D eigenvalue weighted by atomic mass is 79.9. The molecule has 1 fully saturated rings. The van der Waals surface area contributed by atoms with Gasteiger partial charge >= 0.3 is 0 Å². The number of nitrogens with one attached hydrogen (secondary N) is 1. The molecule has 1 N–H and O–H groups in total. The highest BCUT2D eigenvalue weighted by molar-refractivity contribution is 9.10. The van der Waals surface area contributed by atoms with Crippen molar-refractivity contribution >= 4 is 15.9 Å². The molecular formula is C16H23BrFN. The molecule has 1 atom stereocenters. The van der Waals surface area contributed by atoms with Crippen LogP contribution in [0, 0.1) is 17.2 Å². The van der Waals surface area contributed by atoms with Gasteiger partial charge in [-0.25, -0.2) is 4.39 Å². The van der Waals surface area contributed by atoms with E-state index >= 15 is 0 Å². The zero-order valence-corrected chi connectivity index (χ0v) is 13.6. The molecule has 0 saturated heterocycles. The van der Waals surface area contributed by atoms with E-state index in [1.807, 2.05) is 6.07 Å². The molecule has 19 heavy (non-hydrogen) atoms. The maximum Gasteiger partial charge on any atom is 0.126 e. The summed E-state index contributed by atoms with van der Waals surface area (Å²) in [5.41, 5.74) is 0.987. The minimum Gasteiger partial charge on any atom is -0.314 e. The van der Waals surface area contributed by atoms with E-state index in [1.165, 1.54) is 12.8 Å². The highest BCUT2D eigenvalue weighted by Crippen LogP contribution is 2.47. The van der Waals surface area contributed by atoms with Gasteiger partial charge in [-0.2, -0.15) is 0 Å². The van der Waals surface area contributed by atoms with Gasteiger partial charge in [0, 0.05) is 17.1 Å². The Labute approximate surface area is 124 Å². The van der Waals surface area contributed by atoms with Gasteiger partial charge in [0.05, 0.1) is 0 Å². The summed E-state index contributed by atoms with van der Waals surface area (Å²) in [4.78, 5) is 0. The maximum atomic E-state index is 13.9. The average Bonchev–Trinajstić information content (AvgIpc) is 3.16. The molecule has 1 aliphatic carbocycles. The summed E-state index contributed by atoms with van der Waals surface area (Å²) < 4.78 is 14.9. The zero-order chi connectivity index (χ0) is 14.0. The fraction of sp³-hybridized carbons (Fsp3) is 0.625. The standard InChI is InChI=1S/C16H23BrFN/c1-11(2)19-10-16(3,13-4-5-13)9-12-8-14(17)6-7-15(12)18/h6-8,11,13,19H,4-5,9-10H2,1-3H3. The first-order valence-electron chi connectivity index (χ1n) is 7.08. The van der Waals surface area contributed by atoms with Crippen molar-refractivity contribution in [3.05, 3.63) is 34.1 Å². The third-order valence-corrected chi connectivity index (χ3v) is 4.57. The molecule has 1 aromatic carbocycles. The van der Waals surface area contributed by atoms with E-state index in [9.17, 15) is 4.39 Å². The predicted molar refractivity (Wildman–Crippen MR) is 81.8 cm³/mol. The minimum atomic E-state index is -0.0837. The number of hydrogen-bond donors (Lipinski definition) is 1. The number of halogens is 2. The smallest absolute Gasteiger partial charge is 0.126 e. The van der Waals surface area contributed by atoms with Crippen molar-refractivity contribution < 1.29 is 4.39 Å². The number of hydrogen-bond acceptors (Lipinski definition) is 1. The van der Waals surface area contributed by atoms with Crippen LogP contribution in [-0.4, -0.2) is 12.6 Å². The SMILES string of the molecule is CC(C)NCC(C)(Cc1cc(Br)ccc1F)C1CC1. The largest absolute Gasteiger partial charge is 0.314 e. The van der Waals surface area contributed by atoms with Crippen LogP contribution in [-0.2, 0) is 6.42 Å².